The lowest BCUT2D eigenvalue weighted by Gasteiger charge is -2.14. The summed E-state index contributed by atoms with van der Waals surface area (Å²) in [5.41, 5.74) is 3.17. The molecule has 0 fully saturated rings. The van der Waals surface area contributed by atoms with Gasteiger partial charge in [-0.15, -0.1) is 0 Å². The Morgan fingerprint density at radius 3 is 2.65 bits per heavy atom. The van der Waals surface area contributed by atoms with Crippen LogP contribution in [0.15, 0.2) is 18.2 Å². The number of hydrogen-bond acceptors (Lipinski definition) is 3. The third-order valence-electron chi connectivity index (χ3n) is 4.30. The van der Waals surface area contributed by atoms with Crippen LogP contribution in [0, 0.1) is 5.92 Å². The van der Waals surface area contributed by atoms with Crippen molar-refractivity contribution in [2.45, 2.75) is 45.6 Å². The Kier molecular flexibility index (Phi) is 6.16. The van der Waals surface area contributed by atoms with Gasteiger partial charge in [-0.25, -0.2) is 0 Å². The molecule has 1 unspecified atom stereocenters. The van der Waals surface area contributed by atoms with Crippen molar-refractivity contribution in [3.63, 3.8) is 0 Å². The molecule has 0 heterocycles. The topological polar surface area (TPSA) is 78.4 Å². The highest BCUT2D eigenvalue weighted by Gasteiger charge is 2.14. The highest BCUT2D eigenvalue weighted by atomic mass is 16.3. The normalized spacial score (nSPS) is 14.4. The molecular formula is C18H26N2O3. The van der Waals surface area contributed by atoms with Crippen molar-refractivity contribution in [2.24, 2.45) is 5.92 Å². The monoisotopic (exact) mass is 318 g/mol. The maximum Gasteiger partial charge on any atom is 0.251 e. The first kappa shape index (κ1) is 17.5. The molecule has 2 rings (SSSR count). The van der Waals surface area contributed by atoms with E-state index in [1.54, 1.807) is 0 Å². The van der Waals surface area contributed by atoms with Gasteiger partial charge in [-0.2, -0.15) is 0 Å². The van der Waals surface area contributed by atoms with Crippen LogP contribution >= 0.6 is 0 Å². The van der Waals surface area contributed by atoms with Gasteiger partial charge in [-0.1, -0.05) is 19.9 Å². The number of benzene rings is 1. The zero-order valence-electron chi connectivity index (χ0n) is 13.9. The highest BCUT2D eigenvalue weighted by molar-refractivity contribution is 5.96. The molecule has 1 aliphatic carbocycles. The van der Waals surface area contributed by atoms with Crippen LogP contribution in [0.4, 0.5) is 0 Å². The second kappa shape index (κ2) is 8.11. The summed E-state index contributed by atoms with van der Waals surface area (Å²) in [5.74, 6) is -0.293. The van der Waals surface area contributed by atoms with Gasteiger partial charge in [-0.05, 0) is 54.9 Å². The SMILES string of the molecule is CC(C)C(O)CCNC(=O)CNC(=O)c1ccc2c(c1)CCC2. The fourth-order valence-corrected chi connectivity index (χ4v) is 2.73. The number of fused-ring (bicyclic) bond motifs is 1. The Morgan fingerprint density at radius 1 is 1.17 bits per heavy atom. The van der Waals surface area contributed by atoms with Crippen LogP contribution in [0.2, 0.25) is 0 Å². The number of carbonyl (C=O) groups is 2. The Bertz CT molecular complexity index is 569. The van der Waals surface area contributed by atoms with Gasteiger partial charge >= 0.3 is 0 Å². The van der Waals surface area contributed by atoms with Gasteiger partial charge in [0.15, 0.2) is 0 Å². The first-order valence-corrected chi connectivity index (χ1v) is 8.32. The number of amides is 2. The molecule has 23 heavy (non-hydrogen) atoms. The molecular weight excluding hydrogens is 292 g/mol. The molecule has 0 saturated carbocycles. The van der Waals surface area contributed by atoms with E-state index in [9.17, 15) is 14.7 Å². The van der Waals surface area contributed by atoms with E-state index >= 15 is 0 Å². The Labute approximate surface area is 137 Å². The van der Waals surface area contributed by atoms with E-state index in [0.717, 1.165) is 19.3 Å². The molecule has 0 aliphatic heterocycles. The highest BCUT2D eigenvalue weighted by Crippen LogP contribution is 2.22. The lowest BCUT2D eigenvalue weighted by molar-refractivity contribution is -0.120. The van der Waals surface area contributed by atoms with E-state index in [1.165, 1.54) is 11.1 Å². The van der Waals surface area contributed by atoms with Crippen molar-refractivity contribution in [1.82, 2.24) is 10.6 Å². The summed E-state index contributed by atoms with van der Waals surface area (Å²) in [7, 11) is 0. The molecule has 1 atom stereocenters. The minimum Gasteiger partial charge on any atom is -0.393 e. The summed E-state index contributed by atoms with van der Waals surface area (Å²) >= 11 is 0. The van der Waals surface area contributed by atoms with Crippen molar-refractivity contribution in [1.29, 1.82) is 0 Å². The molecule has 1 aliphatic rings. The van der Waals surface area contributed by atoms with E-state index in [4.69, 9.17) is 0 Å². The van der Waals surface area contributed by atoms with Crippen molar-refractivity contribution < 1.29 is 14.7 Å². The zero-order chi connectivity index (χ0) is 16.8. The van der Waals surface area contributed by atoms with E-state index < -0.39 is 6.10 Å². The van der Waals surface area contributed by atoms with Crippen molar-refractivity contribution in [2.75, 3.05) is 13.1 Å². The predicted molar refractivity (Wildman–Crippen MR) is 89.3 cm³/mol. The van der Waals surface area contributed by atoms with Crippen molar-refractivity contribution >= 4 is 11.8 Å². The molecule has 5 heteroatoms. The fraction of sp³-hybridized carbons (Fsp3) is 0.556. The van der Waals surface area contributed by atoms with E-state index in [-0.39, 0.29) is 24.3 Å². The van der Waals surface area contributed by atoms with E-state index in [2.05, 4.69) is 10.6 Å². The van der Waals surface area contributed by atoms with Gasteiger partial charge < -0.3 is 15.7 Å². The van der Waals surface area contributed by atoms with Crippen LogP contribution in [-0.4, -0.2) is 36.1 Å². The third kappa shape index (κ3) is 5.06. The minimum absolute atomic E-state index is 0.0479. The van der Waals surface area contributed by atoms with Crippen LogP contribution in [0.1, 0.15) is 48.2 Å². The number of aliphatic hydroxyl groups is 1. The number of rotatable bonds is 7. The van der Waals surface area contributed by atoms with Crippen molar-refractivity contribution in [3.05, 3.63) is 34.9 Å². The Hall–Kier alpha value is -1.88. The Morgan fingerprint density at radius 2 is 1.91 bits per heavy atom. The third-order valence-corrected chi connectivity index (χ3v) is 4.30. The fourth-order valence-electron chi connectivity index (χ4n) is 2.73. The molecule has 0 saturated heterocycles. The maximum absolute atomic E-state index is 12.1. The largest absolute Gasteiger partial charge is 0.393 e. The van der Waals surface area contributed by atoms with Gasteiger partial charge in [-0.3, -0.25) is 9.59 Å². The van der Waals surface area contributed by atoms with Crippen LogP contribution < -0.4 is 10.6 Å². The molecule has 0 bridgehead atoms. The van der Waals surface area contributed by atoms with Crippen LogP contribution in [0.5, 0.6) is 0 Å². The molecule has 1 aromatic rings. The average Bonchev–Trinajstić information content (AvgIpc) is 2.99. The predicted octanol–water partition coefficient (Wildman–Crippen LogP) is 1.43. The summed E-state index contributed by atoms with van der Waals surface area (Å²) in [6.07, 6.45) is 3.35. The molecule has 0 spiro atoms. The lowest BCUT2D eigenvalue weighted by Crippen LogP contribution is -2.38. The van der Waals surface area contributed by atoms with Gasteiger partial charge in [0.1, 0.15) is 0 Å². The summed E-state index contributed by atoms with van der Waals surface area (Å²) < 4.78 is 0. The summed E-state index contributed by atoms with van der Waals surface area (Å²) in [6, 6.07) is 5.75. The molecule has 1 aromatic carbocycles. The average molecular weight is 318 g/mol. The summed E-state index contributed by atoms with van der Waals surface area (Å²) in [6.45, 7) is 4.23. The quantitative estimate of drug-likeness (QED) is 0.711. The molecule has 3 N–H and O–H groups in total. The number of hydrogen-bond donors (Lipinski definition) is 3. The first-order valence-electron chi connectivity index (χ1n) is 8.32. The van der Waals surface area contributed by atoms with E-state index in [0.29, 0.717) is 18.5 Å². The molecule has 126 valence electrons. The summed E-state index contributed by atoms with van der Waals surface area (Å²) in [5, 5.41) is 15.0. The van der Waals surface area contributed by atoms with Crippen LogP contribution in [0.25, 0.3) is 0 Å². The maximum atomic E-state index is 12.1. The van der Waals surface area contributed by atoms with Gasteiger partial charge in [0.05, 0.1) is 12.6 Å². The second-order valence-electron chi connectivity index (χ2n) is 6.47. The van der Waals surface area contributed by atoms with E-state index in [1.807, 2.05) is 32.0 Å². The number of nitrogens with one attached hydrogen (secondary N) is 2. The number of aryl methyl sites for hydroxylation is 2. The number of carbonyl (C=O) groups excluding carboxylic acids is 2. The minimum atomic E-state index is -0.420. The lowest BCUT2D eigenvalue weighted by atomic mass is 10.0. The molecule has 0 radical (unpaired) electrons. The smallest absolute Gasteiger partial charge is 0.251 e. The molecule has 0 aromatic heterocycles. The van der Waals surface area contributed by atoms with Gasteiger partial charge in [0, 0.05) is 12.1 Å². The first-order chi connectivity index (χ1) is 11.0. The second-order valence-corrected chi connectivity index (χ2v) is 6.47. The van der Waals surface area contributed by atoms with Crippen molar-refractivity contribution in [3.8, 4) is 0 Å². The van der Waals surface area contributed by atoms with Crippen LogP contribution in [0.3, 0.4) is 0 Å². The van der Waals surface area contributed by atoms with Gasteiger partial charge in [0.25, 0.3) is 5.91 Å². The standard InChI is InChI=1S/C18H26N2O3/c1-12(2)16(21)8-9-19-17(22)11-20-18(23)15-7-6-13-4-3-5-14(13)10-15/h6-7,10,12,16,21H,3-5,8-9,11H2,1-2H3,(H,19,22)(H,20,23). The number of aliphatic hydroxyl groups excluding tert-OH is 1. The summed E-state index contributed by atoms with van der Waals surface area (Å²) in [4.78, 5) is 23.8. The van der Waals surface area contributed by atoms with Gasteiger partial charge in [0.2, 0.25) is 5.91 Å². The Balaban J connectivity index is 1.73. The molecule has 5 nitrogen and oxygen atoms in total. The zero-order valence-corrected chi connectivity index (χ0v) is 13.9. The molecule has 2 amide bonds. The van der Waals surface area contributed by atoms with Crippen LogP contribution in [-0.2, 0) is 17.6 Å².